The van der Waals surface area contributed by atoms with Crippen molar-refractivity contribution in [2.24, 2.45) is 11.3 Å². The van der Waals surface area contributed by atoms with Crippen LogP contribution >= 0.6 is 0 Å². The van der Waals surface area contributed by atoms with Gasteiger partial charge in [-0.25, -0.2) is 0 Å². The molecule has 26 heavy (non-hydrogen) atoms. The fourth-order valence-electron chi connectivity index (χ4n) is 5.14. The molecule has 1 aliphatic carbocycles. The predicted octanol–water partition coefficient (Wildman–Crippen LogP) is 4.29. The van der Waals surface area contributed by atoms with Crippen LogP contribution in [0.5, 0.6) is 0 Å². The third-order valence-electron chi connectivity index (χ3n) is 6.70. The van der Waals surface area contributed by atoms with Crippen molar-refractivity contribution in [3.63, 3.8) is 0 Å². The summed E-state index contributed by atoms with van der Waals surface area (Å²) in [4.78, 5) is 16.1. The number of aromatic amines is 1. The molecule has 2 N–H and O–H groups in total. The van der Waals surface area contributed by atoms with E-state index in [4.69, 9.17) is 4.74 Å². The molecular weight excluding hydrogens is 324 g/mol. The Balaban J connectivity index is 1.76. The highest BCUT2D eigenvalue weighted by atomic mass is 16.5. The number of benzene rings is 1. The van der Waals surface area contributed by atoms with Gasteiger partial charge in [-0.2, -0.15) is 0 Å². The molecule has 1 aromatic heterocycles. The lowest BCUT2D eigenvalue weighted by molar-refractivity contribution is -0.144. The first-order valence-corrected chi connectivity index (χ1v) is 9.80. The topological polar surface area (TPSA) is 54.1 Å². The molecule has 1 aliphatic heterocycles. The Morgan fingerprint density at radius 2 is 1.88 bits per heavy atom. The Labute approximate surface area is 155 Å². The van der Waals surface area contributed by atoms with Crippen LogP contribution in [0.15, 0.2) is 24.3 Å². The van der Waals surface area contributed by atoms with Crippen LogP contribution in [-0.4, -0.2) is 24.1 Å². The molecule has 2 aromatic rings. The fourth-order valence-corrected chi connectivity index (χ4v) is 5.14. The Hall–Kier alpha value is -1.81. The number of para-hydroxylation sites is 1. The molecule has 0 radical (unpaired) electrons. The van der Waals surface area contributed by atoms with Gasteiger partial charge in [0.05, 0.1) is 12.6 Å². The number of ether oxygens (including phenoxy) is 1. The van der Waals surface area contributed by atoms with E-state index in [0.29, 0.717) is 11.8 Å². The zero-order valence-corrected chi connectivity index (χ0v) is 16.3. The van der Waals surface area contributed by atoms with Crippen LogP contribution in [0.1, 0.15) is 57.7 Å². The Morgan fingerprint density at radius 1 is 1.19 bits per heavy atom. The van der Waals surface area contributed by atoms with Crippen LogP contribution in [0, 0.1) is 11.3 Å². The number of H-pyrrole nitrogens is 1. The number of carbonyl (C=O) groups is 1. The van der Waals surface area contributed by atoms with Crippen molar-refractivity contribution in [2.75, 3.05) is 7.11 Å². The maximum absolute atomic E-state index is 12.4. The first-order valence-electron chi connectivity index (χ1n) is 9.80. The van der Waals surface area contributed by atoms with Crippen molar-refractivity contribution in [1.82, 2.24) is 10.3 Å². The summed E-state index contributed by atoms with van der Waals surface area (Å²) >= 11 is 0. The maximum atomic E-state index is 12.4. The second-order valence-electron chi connectivity index (χ2n) is 9.17. The van der Waals surface area contributed by atoms with E-state index < -0.39 is 0 Å². The molecule has 1 saturated carbocycles. The third kappa shape index (κ3) is 2.75. The third-order valence-corrected chi connectivity index (χ3v) is 6.70. The lowest BCUT2D eigenvalue weighted by atomic mass is 9.65. The Morgan fingerprint density at radius 3 is 2.54 bits per heavy atom. The van der Waals surface area contributed by atoms with Crippen LogP contribution in [-0.2, 0) is 21.5 Å². The standard InChI is InChI=1S/C22H30N2O2/c1-21(2,3)14-9-11-22(12-10-14)19-16(13-18(24-22)20(25)26-4)15-7-5-6-8-17(15)23-19/h5-8,14,18,23-24H,9-13H2,1-4H3/t14?,18-,22?/m1/s1. The number of rotatable bonds is 1. The molecule has 0 saturated heterocycles. The highest BCUT2D eigenvalue weighted by Gasteiger charge is 2.47. The SMILES string of the molecule is COC(=O)[C@H]1Cc2c([nH]c3ccccc23)C2(CCC(C(C)(C)C)CC2)N1. The summed E-state index contributed by atoms with van der Waals surface area (Å²) in [5, 5.41) is 4.95. The summed E-state index contributed by atoms with van der Waals surface area (Å²) in [7, 11) is 1.48. The molecule has 0 amide bonds. The Kier molecular flexibility index (Phi) is 4.14. The van der Waals surface area contributed by atoms with Crippen molar-refractivity contribution in [3.8, 4) is 0 Å². The molecule has 1 aromatic carbocycles. The summed E-state index contributed by atoms with van der Waals surface area (Å²) in [5.74, 6) is 0.569. The molecule has 140 valence electrons. The largest absolute Gasteiger partial charge is 0.468 e. The van der Waals surface area contributed by atoms with Gasteiger partial charge in [0.15, 0.2) is 0 Å². The monoisotopic (exact) mass is 354 g/mol. The summed E-state index contributed by atoms with van der Waals surface area (Å²) in [6, 6.07) is 8.18. The second kappa shape index (κ2) is 6.12. The molecule has 0 bridgehead atoms. The number of hydrogen-bond donors (Lipinski definition) is 2. The van der Waals surface area contributed by atoms with Crippen LogP contribution in [0.3, 0.4) is 0 Å². The number of methoxy groups -OCH3 is 1. The summed E-state index contributed by atoms with van der Waals surface area (Å²) in [5.41, 5.74) is 3.95. The zero-order chi connectivity index (χ0) is 18.5. The molecule has 1 atom stereocenters. The van der Waals surface area contributed by atoms with Crippen molar-refractivity contribution in [3.05, 3.63) is 35.5 Å². The molecule has 2 heterocycles. The smallest absolute Gasteiger partial charge is 0.323 e. The Bertz CT molecular complexity index is 822. The van der Waals surface area contributed by atoms with Gasteiger partial charge in [0.25, 0.3) is 0 Å². The van der Waals surface area contributed by atoms with E-state index in [1.165, 1.54) is 42.1 Å². The van der Waals surface area contributed by atoms with E-state index >= 15 is 0 Å². The van der Waals surface area contributed by atoms with Gasteiger partial charge < -0.3 is 9.72 Å². The second-order valence-corrected chi connectivity index (χ2v) is 9.17. The lowest BCUT2D eigenvalue weighted by Gasteiger charge is -2.48. The average molecular weight is 354 g/mol. The van der Waals surface area contributed by atoms with Crippen LogP contribution in [0.25, 0.3) is 10.9 Å². The number of aromatic nitrogens is 1. The summed E-state index contributed by atoms with van der Waals surface area (Å²) < 4.78 is 5.09. The van der Waals surface area contributed by atoms with Crippen LogP contribution in [0.2, 0.25) is 0 Å². The van der Waals surface area contributed by atoms with Gasteiger partial charge in [0, 0.05) is 23.0 Å². The maximum Gasteiger partial charge on any atom is 0.323 e. The molecule has 1 fully saturated rings. The normalized spacial score (nSPS) is 28.9. The van der Waals surface area contributed by atoms with Gasteiger partial charge in [-0.1, -0.05) is 39.0 Å². The lowest BCUT2D eigenvalue weighted by Crippen LogP contribution is -2.57. The number of esters is 1. The van der Waals surface area contributed by atoms with Crippen molar-refractivity contribution < 1.29 is 9.53 Å². The minimum absolute atomic E-state index is 0.146. The number of nitrogens with one attached hydrogen (secondary N) is 2. The first-order chi connectivity index (χ1) is 12.3. The number of carbonyl (C=O) groups excluding carboxylic acids is 1. The van der Waals surface area contributed by atoms with Gasteiger partial charge in [0.1, 0.15) is 6.04 Å². The zero-order valence-electron chi connectivity index (χ0n) is 16.3. The molecule has 4 nitrogen and oxygen atoms in total. The quantitative estimate of drug-likeness (QED) is 0.751. The minimum atomic E-state index is -0.266. The van der Waals surface area contributed by atoms with Crippen molar-refractivity contribution in [1.29, 1.82) is 0 Å². The van der Waals surface area contributed by atoms with Crippen molar-refractivity contribution in [2.45, 2.75) is 64.5 Å². The summed E-state index contributed by atoms with van der Waals surface area (Å²) in [6.07, 6.45) is 5.17. The van der Waals surface area contributed by atoms with E-state index in [2.05, 4.69) is 55.3 Å². The molecule has 4 heteroatoms. The van der Waals surface area contributed by atoms with Crippen molar-refractivity contribution >= 4 is 16.9 Å². The molecule has 2 aliphatic rings. The van der Waals surface area contributed by atoms with Gasteiger partial charge >= 0.3 is 5.97 Å². The molecule has 1 spiro atoms. The highest BCUT2D eigenvalue weighted by molar-refractivity contribution is 5.87. The van der Waals surface area contributed by atoms with E-state index in [9.17, 15) is 4.79 Å². The van der Waals surface area contributed by atoms with Gasteiger partial charge in [-0.3, -0.25) is 10.1 Å². The molecule has 0 unspecified atom stereocenters. The molecule has 4 rings (SSSR count). The minimum Gasteiger partial charge on any atom is -0.468 e. The average Bonchev–Trinajstić information content (AvgIpc) is 3.00. The highest BCUT2D eigenvalue weighted by Crippen LogP contribution is 2.48. The fraction of sp³-hybridized carbons (Fsp3) is 0.591. The van der Waals surface area contributed by atoms with Gasteiger partial charge in [-0.15, -0.1) is 0 Å². The van der Waals surface area contributed by atoms with Crippen LogP contribution in [0.4, 0.5) is 0 Å². The van der Waals surface area contributed by atoms with Gasteiger partial charge in [-0.05, 0) is 48.6 Å². The van der Waals surface area contributed by atoms with E-state index in [1.807, 2.05) is 0 Å². The predicted molar refractivity (Wildman–Crippen MR) is 104 cm³/mol. The molecular formula is C22H30N2O2. The number of fused-ring (bicyclic) bond motifs is 4. The van der Waals surface area contributed by atoms with Gasteiger partial charge in [0.2, 0.25) is 0 Å². The van der Waals surface area contributed by atoms with E-state index in [0.717, 1.165) is 18.8 Å². The van der Waals surface area contributed by atoms with E-state index in [1.54, 1.807) is 0 Å². The first kappa shape index (κ1) is 17.6. The number of hydrogen-bond acceptors (Lipinski definition) is 3. The summed E-state index contributed by atoms with van der Waals surface area (Å²) in [6.45, 7) is 7.03. The van der Waals surface area contributed by atoms with E-state index in [-0.39, 0.29) is 17.6 Å². The van der Waals surface area contributed by atoms with Crippen LogP contribution < -0.4 is 5.32 Å².